The van der Waals surface area contributed by atoms with Gasteiger partial charge in [0.25, 0.3) is 0 Å². The van der Waals surface area contributed by atoms with E-state index in [-0.39, 0.29) is 5.91 Å². The van der Waals surface area contributed by atoms with Gasteiger partial charge in [0.1, 0.15) is 5.82 Å². The highest BCUT2D eigenvalue weighted by Crippen LogP contribution is 2.23. The summed E-state index contributed by atoms with van der Waals surface area (Å²) >= 11 is 1.43. The lowest BCUT2D eigenvalue weighted by molar-refractivity contribution is -0.118. The molecule has 0 bridgehead atoms. The fourth-order valence-electron chi connectivity index (χ4n) is 3.00. The molecule has 0 radical (unpaired) electrons. The first-order valence-electron chi connectivity index (χ1n) is 10.1. The number of unbranched alkanes of at least 4 members (excludes halogenated alkanes) is 1. The van der Waals surface area contributed by atoms with E-state index < -0.39 is 0 Å². The Labute approximate surface area is 176 Å². The van der Waals surface area contributed by atoms with E-state index in [0.29, 0.717) is 5.75 Å². The fraction of sp³-hybridized carbons (Fsp3) is 0.348. The molecule has 1 aromatic heterocycles. The Balaban J connectivity index is 1.75. The second kappa shape index (κ2) is 10.8. The van der Waals surface area contributed by atoms with Crippen LogP contribution in [-0.2, 0) is 17.6 Å². The number of carbonyl (C=O) groups excluding carboxylic acids is 1. The van der Waals surface area contributed by atoms with Crippen molar-refractivity contribution in [2.24, 2.45) is 0 Å². The van der Waals surface area contributed by atoms with Gasteiger partial charge in [-0.2, -0.15) is 0 Å². The lowest BCUT2D eigenvalue weighted by Gasteiger charge is -2.11. The largest absolute Gasteiger partial charge is 0.355 e. The van der Waals surface area contributed by atoms with Crippen LogP contribution in [0.4, 0.5) is 0 Å². The molecule has 5 nitrogen and oxygen atoms in total. The number of hydrogen-bond donors (Lipinski definition) is 1. The molecule has 0 aliphatic heterocycles. The highest BCUT2D eigenvalue weighted by Gasteiger charge is 2.16. The molecular weight excluding hydrogens is 380 g/mol. The van der Waals surface area contributed by atoms with Crippen molar-refractivity contribution in [2.45, 2.75) is 44.7 Å². The summed E-state index contributed by atoms with van der Waals surface area (Å²) in [5, 5.41) is 12.5. The van der Waals surface area contributed by atoms with Crippen molar-refractivity contribution < 1.29 is 4.79 Å². The van der Waals surface area contributed by atoms with E-state index in [1.54, 1.807) is 0 Å². The van der Waals surface area contributed by atoms with E-state index in [4.69, 9.17) is 0 Å². The average Bonchev–Trinajstić information content (AvgIpc) is 3.15. The number of carbonyl (C=O) groups is 1. The van der Waals surface area contributed by atoms with Crippen LogP contribution in [0.15, 0.2) is 59.8 Å². The van der Waals surface area contributed by atoms with E-state index in [1.807, 2.05) is 6.07 Å². The molecule has 0 aliphatic carbocycles. The lowest BCUT2D eigenvalue weighted by atomic mass is 10.1. The molecule has 0 spiro atoms. The smallest absolute Gasteiger partial charge is 0.230 e. The number of aromatic nitrogens is 3. The molecule has 3 aromatic rings. The molecule has 152 valence electrons. The zero-order chi connectivity index (χ0) is 20.5. The van der Waals surface area contributed by atoms with Crippen LogP contribution in [0.5, 0.6) is 0 Å². The Kier molecular flexibility index (Phi) is 7.87. The Morgan fingerprint density at radius 1 is 1.03 bits per heavy atom. The maximum atomic E-state index is 12.1. The van der Waals surface area contributed by atoms with Gasteiger partial charge in [0.05, 0.1) is 5.75 Å². The first-order valence-corrected chi connectivity index (χ1v) is 11.1. The standard InChI is InChI=1S/C23H28N4OS/c1-3-4-16-24-22(28)17-29-23-26-25-21(15-12-19-8-6-5-7-9-19)27(23)20-13-10-18(2)11-14-20/h5-11,13-14H,3-4,12,15-17H2,1-2H3,(H,24,28). The number of nitrogens with one attached hydrogen (secondary N) is 1. The van der Waals surface area contributed by atoms with Gasteiger partial charge in [-0.25, -0.2) is 0 Å². The Bertz CT molecular complexity index is 906. The van der Waals surface area contributed by atoms with Crippen LogP contribution in [-0.4, -0.2) is 33.0 Å². The molecule has 6 heteroatoms. The van der Waals surface area contributed by atoms with Crippen molar-refractivity contribution in [3.05, 3.63) is 71.5 Å². The zero-order valence-corrected chi connectivity index (χ0v) is 17.9. The second-order valence-electron chi connectivity index (χ2n) is 7.05. The van der Waals surface area contributed by atoms with Crippen molar-refractivity contribution in [3.8, 4) is 5.69 Å². The summed E-state index contributed by atoms with van der Waals surface area (Å²) in [5.74, 6) is 1.28. The van der Waals surface area contributed by atoms with Gasteiger partial charge >= 0.3 is 0 Å². The van der Waals surface area contributed by atoms with Gasteiger partial charge in [-0.3, -0.25) is 9.36 Å². The lowest BCUT2D eigenvalue weighted by Crippen LogP contribution is -2.26. The number of amides is 1. The van der Waals surface area contributed by atoms with Crippen LogP contribution in [0, 0.1) is 6.92 Å². The topological polar surface area (TPSA) is 59.8 Å². The molecule has 3 rings (SSSR count). The van der Waals surface area contributed by atoms with Gasteiger partial charge in [-0.1, -0.05) is 73.1 Å². The third-order valence-electron chi connectivity index (χ3n) is 4.66. The van der Waals surface area contributed by atoms with Gasteiger partial charge in [-0.05, 0) is 37.5 Å². The molecule has 1 heterocycles. The summed E-state index contributed by atoms with van der Waals surface area (Å²) in [6, 6.07) is 18.7. The maximum Gasteiger partial charge on any atom is 0.230 e. The van der Waals surface area contributed by atoms with Gasteiger partial charge in [0.2, 0.25) is 5.91 Å². The highest BCUT2D eigenvalue weighted by atomic mass is 32.2. The van der Waals surface area contributed by atoms with E-state index in [0.717, 1.165) is 48.9 Å². The Morgan fingerprint density at radius 2 is 1.79 bits per heavy atom. The number of rotatable bonds is 10. The Morgan fingerprint density at radius 3 is 2.52 bits per heavy atom. The molecule has 0 saturated carbocycles. The summed E-state index contributed by atoms with van der Waals surface area (Å²) in [5.41, 5.74) is 3.50. The molecule has 29 heavy (non-hydrogen) atoms. The first-order chi connectivity index (χ1) is 14.2. The molecule has 0 aliphatic rings. The van der Waals surface area contributed by atoms with Crippen molar-refractivity contribution in [1.29, 1.82) is 0 Å². The molecular formula is C23H28N4OS. The first kappa shape index (κ1) is 21.1. The number of nitrogens with zero attached hydrogens (tertiary/aromatic N) is 3. The minimum absolute atomic E-state index is 0.0349. The van der Waals surface area contributed by atoms with Crippen molar-refractivity contribution >= 4 is 17.7 Å². The number of thioether (sulfide) groups is 1. The van der Waals surface area contributed by atoms with E-state index >= 15 is 0 Å². The second-order valence-corrected chi connectivity index (χ2v) is 7.99. The number of aryl methyl sites for hydroxylation is 3. The molecule has 0 fully saturated rings. The minimum Gasteiger partial charge on any atom is -0.355 e. The Hall–Kier alpha value is -2.60. The number of hydrogen-bond acceptors (Lipinski definition) is 4. The molecule has 1 amide bonds. The third kappa shape index (κ3) is 6.19. The van der Waals surface area contributed by atoms with Crippen molar-refractivity contribution in [3.63, 3.8) is 0 Å². The summed E-state index contributed by atoms with van der Waals surface area (Å²) < 4.78 is 2.08. The predicted molar refractivity (Wildman–Crippen MR) is 119 cm³/mol. The van der Waals surface area contributed by atoms with Crippen LogP contribution in [0.1, 0.15) is 36.7 Å². The normalized spacial score (nSPS) is 10.8. The quantitative estimate of drug-likeness (QED) is 0.400. The van der Waals surface area contributed by atoms with E-state index in [1.165, 1.54) is 22.9 Å². The summed E-state index contributed by atoms with van der Waals surface area (Å²) in [6.45, 7) is 4.91. The molecule has 0 atom stereocenters. The molecule has 1 N–H and O–H groups in total. The van der Waals surface area contributed by atoms with E-state index in [9.17, 15) is 4.79 Å². The molecule has 2 aromatic carbocycles. The van der Waals surface area contributed by atoms with Gasteiger partial charge in [-0.15, -0.1) is 10.2 Å². The van der Waals surface area contributed by atoms with Gasteiger partial charge in [0, 0.05) is 18.7 Å². The molecule has 0 unspecified atom stereocenters. The van der Waals surface area contributed by atoms with Crippen molar-refractivity contribution in [1.82, 2.24) is 20.1 Å². The van der Waals surface area contributed by atoms with Crippen molar-refractivity contribution in [2.75, 3.05) is 12.3 Å². The van der Waals surface area contributed by atoms with Crippen LogP contribution < -0.4 is 5.32 Å². The number of benzene rings is 2. The summed E-state index contributed by atoms with van der Waals surface area (Å²) in [6.07, 6.45) is 3.75. The summed E-state index contributed by atoms with van der Waals surface area (Å²) in [7, 11) is 0. The minimum atomic E-state index is 0.0349. The third-order valence-corrected chi connectivity index (χ3v) is 5.59. The maximum absolute atomic E-state index is 12.1. The van der Waals surface area contributed by atoms with Crippen LogP contribution in [0.25, 0.3) is 5.69 Å². The monoisotopic (exact) mass is 408 g/mol. The van der Waals surface area contributed by atoms with Crippen LogP contribution >= 0.6 is 11.8 Å². The SMILES string of the molecule is CCCCNC(=O)CSc1nnc(CCc2ccccc2)n1-c1ccc(C)cc1. The summed E-state index contributed by atoms with van der Waals surface area (Å²) in [4.78, 5) is 12.1. The van der Waals surface area contributed by atoms with Gasteiger partial charge in [0.15, 0.2) is 5.16 Å². The fourth-order valence-corrected chi connectivity index (χ4v) is 3.80. The predicted octanol–water partition coefficient (Wildman–Crippen LogP) is 4.37. The van der Waals surface area contributed by atoms with Crippen LogP contribution in [0.2, 0.25) is 0 Å². The van der Waals surface area contributed by atoms with Crippen LogP contribution in [0.3, 0.4) is 0 Å². The average molecular weight is 409 g/mol. The van der Waals surface area contributed by atoms with Gasteiger partial charge < -0.3 is 5.32 Å². The highest BCUT2D eigenvalue weighted by molar-refractivity contribution is 7.99. The zero-order valence-electron chi connectivity index (χ0n) is 17.1. The molecule has 0 saturated heterocycles. The van der Waals surface area contributed by atoms with E-state index in [2.05, 4.69) is 82.5 Å².